The Bertz CT molecular complexity index is 609. The topological polar surface area (TPSA) is 28.2 Å². The number of likely N-dealkylation sites (N-methyl/N-ethyl adjacent to an activating group) is 1. The predicted molar refractivity (Wildman–Crippen MR) is 86.9 cm³/mol. The summed E-state index contributed by atoms with van der Waals surface area (Å²) in [4.78, 5) is 8.14. The van der Waals surface area contributed by atoms with Crippen LogP contribution in [0.4, 0.5) is 0 Å². The molecule has 0 saturated carbocycles. The fourth-order valence-corrected chi connectivity index (χ4v) is 4.16. The van der Waals surface area contributed by atoms with E-state index in [1.807, 2.05) is 18.3 Å². The van der Waals surface area contributed by atoms with Gasteiger partial charge in [-0.3, -0.25) is 4.98 Å². The van der Waals surface area contributed by atoms with Gasteiger partial charge in [0, 0.05) is 17.6 Å². The van der Waals surface area contributed by atoms with Crippen LogP contribution in [0.3, 0.4) is 0 Å². The number of aryl methyl sites for hydroxylation is 1. The average molecular weight is 303 g/mol. The number of nitrogens with one attached hydrogen (secondary N) is 1. The van der Waals surface area contributed by atoms with Crippen LogP contribution < -0.4 is 5.32 Å². The van der Waals surface area contributed by atoms with Crippen LogP contribution in [-0.4, -0.2) is 21.5 Å². The molecule has 0 radical (unpaired) electrons. The number of thiocarbonyl (C=S) groups is 1. The molecule has 0 aliphatic carbocycles. The Balaban J connectivity index is 2.05. The van der Waals surface area contributed by atoms with Gasteiger partial charge in [-0.15, -0.1) is 11.3 Å². The molecule has 3 heterocycles. The standard InChI is InChI=1S/C15H17N3S2/c1-3-18-13(14-10(2)7-9-20-14)12(17-15(18)19)11-6-4-5-8-16-11/h4-9,12-13H,3H2,1-2H3,(H,17,19). The lowest BCUT2D eigenvalue weighted by Crippen LogP contribution is -2.29. The van der Waals surface area contributed by atoms with Crippen molar-refractivity contribution in [2.45, 2.75) is 25.9 Å². The van der Waals surface area contributed by atoms with E-state index in [9.17, 15) is 0 Å². The lowest BCUT2D eigenvalue weighted by molar-refractivity contribution is 0.334. The van der Waals surface area contributed by atoms with Crippen LogP contribution >= 0.6 is 23.6 Å². The van der Waals surface area contributed by atoms with E-state index < -0.39 is 0 Å². The monoisotopic (exact) mass is 303 g/mol. The van der Waals surface area contributed by atoms with Gasteiger partial charge in [-0.05, 0) is 55.2 Å². The van der Waals surface area contributed by atoms with Crippen molar-refractivity contribution < 1.29 is 0 Å². The second-order valence-electron chi connectivity index (χ2n) is 4.88. The Morgan fingerprint density at radius 3 is 2.85 bits per heavy atom. The quantitative estimate of drug-likeness (QED) is 0.879. The molecule has 0 aromatic carbocycles. The third-order valence-electron chi connectivity index (χ3n) is 3.71. The maximum atomic E-state index is 5.50. The minimum absolute atomic E-state index is 0.126. The highest BCUT2D eigenvalue weighted by Crippen LogP contribution is 2.41. The van der Waals surface area contributed by atoms with E-state index in [4.69, 9.17) is 12.2 Å². The molecule has 1 N–H and O–H groups in total. The smallest absolute Gasteiger partial charge is 0.170 e. The summed E-state index contributed by atoms with van der Waals surface area (Å²) in [5, 5.41) is 6.41. The molecule has 3 nitrogen and oxygen atoms in total. The normalized spacial score (nSPS) is 22.1. The van der Waals surface area contributed by atoms with E-state index in [0.717, 1.165) is 17.4 Å². The molecule has 5 heteroatoms. The molecule has 1 fully saturated rings. The number of thiophene rings is 1. The maximum Gasteiger partial charge on any atom is 0.170 e. The summed E-state index contributed by atoms with van der Waals surface area (Å²) in [5.74, 6) is 0. The second-order valence-corrected chi connectivity index (χ2v) is 6.21. The minimum Gasteiger partial charge on any atom is -0.352 e. The van der Waals surface area contributed by atoms with Gasteiger partial charge in [-0.25, -0.2) is 0 Å². The van der Waals surface area contributed by atoms with Gasteiger partial charge in [0.15, 0.2) is 5.11 Å². The first-order chi connectivity index (χ1) is 9.72. The number of aromatic nitrogens is 1. The van der Waals surface area contributed by atoms with Crippen LogP contribution in [0.5, 0.6) is 0 Å². The van der Waals surface area contributed by atoms with Gasteiger partial charge in [-0.1, -0.05) is 6.07 Å². The van der Waals surface area contributed by atoms with Crippen molar-refractivity contribution in [3.63, 3.8) is 0 Å². The van der Waals surface area contributed by atoms with Crippen molar-refractivity contribution in [3.05, 3.63) is 52.0 Å². The first kappa shape index (κ1) is 13.5. The number of hydrogen-bond donors (Lipinski definition) is 1. The highest BCUT2D eigenvalue weighted by molar-refractivity contribution is 7.80. The predicted octanol–water partition coefficient (Wildman–Crippen LogP) is 3.44. The summed E-state index contributed by atoms with van der Waals surface area (Å²) in [6.07, 6.45) is 1.84. The summed E-state index contributed by atoms with van der Waals surface area (Å²) in [6.45, 7) is 5.21. The van der Waals surface area contributed by atoms with E-state index in [2.05, 4.69) is 46.6 Å². The molecule has 2 atom stereocenters. The van der Waals surface area contributed by atoms with Crippen LogP contribution in [0.2, 0.25) is 0 Å². The maximum absolute atomic E-state index is 5.50. The number of nitrogens with zero attached hydrogens (tertiary/aromatic N) is 2. The van der Waals surface area contributed by atoms with Gasteiger partial charge in [0.2, 0.25) is 0 Å². The van der Waals surface area contributed by atoms with E-state index >= 15 is 0 Å². The van der Waals surface area contributed by atoms with Gasteiger partial charge in [0.25, 0.3) is 0 Å². The Hall–Kier alpha value is -1.46. The van der Waals surface area contributed by atoms with E-state index in [-0.39, 0.29) is 12.1 Å². The van der Waals surface area contributed by atoms with E-state index in [1.165, 1.54) is 10.4 Å². The molecule has 0 bridgehead atoms. The molecule has 2 aromatic rings. The zero-order chi connectivity index (χ0) is 14.1. The van der Waals surface area contributed by atoms with Crippen molar-refractivity contribution in [2.75, 3.05) is 6.54 Å². The molecule has 0 spiro atoms. The van der Waals surface area contributed by atoms with Gasteiger partial charge >= 0.3 is 0 Å². The molecule has 1 saturated heterocycles. The molecule has 20 heavy (non-hydrogen) atoms. The van der Waals surface area contributed by atoms with Crippen LogP contribution in [0.25, 0.3) is 0 Å². The van der Waals surface area contributed by atoms with Crippen LogP contribution in [0.1, 0.15) is 35.1 Å². The summed E-state index contributed by atoms with van der Waals surface area (Å²) >= 11 is 7.30. The SMILES string of the molecule is CCN1C(=S)NC(c2ccccn2)C1c1sccc1C. The average Bonchev–Trinajstić information content (AvgIpc) is 3.02. The van der Waals surface area contributed by atoms with Gasteiger partial charge in [0.05, 0.1) is 17.8 Å². The van der Waals surface area contributed by atoms with E-state index in [0.29, 0.717) is 0 Å². The van der Waals surface area contributed by atoms with Crippen molar-refractivity contribution in [1.82, 2.24) is 15.2 Å². The van der Waals surface area contributed by atoms with E-state index in [1.54, 1.807) is 11.3 Å². The molecule has 3 rings (SSSR count). The number of rotatable bonds is 3. The van der Waals surface area contributed by atoms with Gasteiger partial charge < -0.3 is 10.2 Å². The molecule has 1 aliphatic rings. The van der Waals surface area contributed by atoms with Crippen molar-refractivity contribution in [2.24, 2.45) is 0 Å². The minimum atomic E-state index is 0.126. The Morgan fingerprint density at radius 2 is 2.25 bits per heavy atom. The third-order valence-corrected chi connectivity index (χ3v) is 5.15. The largest absolute Gasteiger partial charge is 0.352 e. The van der Waals surface area contributed by atoms with Crippen molar-refractivity contribution >= 4 is 28.7 Å². The van der Waals surface area contributed by atoms with Crippen molar-refractivity contribution in [3.8, 4) is 0 Å². The van der Waals surface area contributed by atoms with Crippen LogP contribution in [-0.2, 0) is 0 Å². The first-order valence-corrected chi connectivity index (χ1v) is 8.03. The van der Waals surface area contributed by atoms with Crippen LogP contribution in [0, 0.1) is 6.92 Å². The first-order valence-electron chi connectivity index (χ1n) is 6.74. The fourth-order valence-electron chi connectivity index (χ4n) is 2.72. The zero-order valence-corrected chi connectivity index (χ0v) is 13.2. The highest BCUT2D eigenvalue weighted by atomic mass is 32.1. The molecule has 0 amide bonds. The van der Waals surface area contributed by atoms with Gasteiger partial charge in [-0.2, -0.15) is 0 Å². The van der Waals surface area contributed by atoms with Crippen molar-refractivity contribution in [1.29, 1.82) is 0 Å². The fraction of sp³-hybridized carbons (Fsp3) is 0.333. The zero-order valence-electron chi connectivity index (χ0n) is 11.5. The molecular weight excluding hydrogens is 286 g/mol. The van der Waals surface area contributed by atoms with Crippen LogP contribution in [0.15, 0.2) is 35.8 Å². The summed E-state index contributed by atoms with van der Waals surface area (Å²) in [7, 11) is 0. The molecule has 104 valence electrons. The Kier molecular flexibility index (Phi) is 3.72. The molecule has 2 aromatic heterocycles. The highest BCUT2D eigenvalue weighted by Gasteiger charge is 2.40. The summed E-state index contributed by atoms with van der Waals surface area (Å²) < 4.78 is 0. The Labute approximate surface area is 128 Å². The molecular formula is C15H17N3S2. The second kappa shape index (κ2) is 5.50. The summed E-state index contributed by atoms with van der Waals surface area (Å²) in [6, 6.07) is 8.57. The molecule has 1 aliphatic heterocycles. The lowest BCUT2D eigenvalue weighted by Gasteiger charge is -2.26. The Morgan fingerprint density at radius 1 is 1.40 bits per heavy atom. The summed E-state index contributed by atoms with van der Waals surface area (Å²) in [5.41, 5.74) is 2.37. The lowest BCUT2D eigenvalue weighted by atomic mass is 10.0. The van der Waals surface area contributed by atoms with Gasteiger partial charge in [0.1, 0.15) is 0 Å². The third kappa shape index (κ3) is 2.21. The molecule has 2 unspecified atom stereocenters. The number of hydrogen-bond acceptors (Lipinski definition) is 3. The number of pyridine rings is 1.